The molecule has 3 aromatic rings. The van der Waals surface area contributed by atoms with Crippen molar-refractivity contribution in [1.82, 2.24) is 14.5 Å². The lowest BCUT2D eigenvalue weighted by Gasteiger charge is -2.17. The first-order chi connectivity index (χ1) is 13.3. The van der Waals surface area contributed by atoms with Gasteiger partial charge in [-0.2, -0.15) is 0 Å². The summed E-state index contributed by atoms with van der Waals surface area (Å²) in [6.07, 6.45) is 0. The number of aryl methyl sites for hydroxylation is 2. The Labute approximate surface area is 160 Å². The van der Waals surface area contributed by atoms with Crippen LogP contribution in [0, 0.1) is 18.6 Å². The Kier molecular flexibility index (Phi) is 4.21. The Balaban J connectivity index is 1.82. The van der Waals surface area contributed by atoms with Gasteiger partial charge in [0.05, 0.1) is 22.8 Å². The monoisotopic (exact) mass is 386 g/mol. The smallest absolute Gasteiger partial charge is 0.253 e. The lowest BCUT2D eigenvalue weighted by atomic mass is 10.1. The van der Waals surface area contributed by atoms with Crippen molar-refractivity contribution in [2.75, 3.05) is 26.0 Å². The molecule has 0 radical (unpaired) electrons. The van der Waals surface area contributed by atoms with Crippen molar-refractivity contribution >= 4 is 22.6 Å². The number of anilines is 1. The third-order valence-corrected chi connectivity index (χ3v) is 5.00. The molecule has 1 aromatic heterocycles. The van der Waals surface area contributed by atoms with Crippen molar-refractivity contribution in [3.63, 3.8) is 0 Å². The van der Waals surface area contributed by atoms with Gasteiger partial charge in [0.2, 0.25) is 0 Å². The van der Waals surface area contributed by atoms with Crippen LogP contribution in [0.15, 0.2) is 24.3 Å². The maximum Gasteiger partial charge on any atom is 0.253 e. The Morgan fingerprint density at radius 3 is 2.75 bits per heavy atom. The maximum atomic E-state index is 14.4. The number of hydrogen-bond donors (Lipinski definition) is 1. The van der Waals surface area contributed by atoms with Gasteiger partial charge >= 0.3 is 0 Å². The van der Waals surface area contributed by atoms with E-state index in [1.54, 1.807) is 26.2 Å². The van der Waals surface area contributed by atoms with E-state index in [1.165, 1.54) is 11.0 Å². The molecule has 0 saturated carbocycles. The normalized spacial score (nSPS) is 15.4. The van der Waals surface area contributed by atoms with E-state index < -0.39 is 17.7 Å². The molecule has 4 rings (SSSR count). The molecule has 1 aliphatic rings. The predicted octanol–water partition coefficient (Wildman–Crippen LogP) is 3.41. The molecule has 0 fully saturated rings. The third kappa shape index (κ3) is 2.85. The number of aromatic nitrogens is 2. The van der Waals surface area contributed by atoms with Crippen LogP contribution in [0.2, 0.25) is 0 Å². The quantitative estimate of drug-likeness (QED) is 0.750. The Morgan fingerprint density at radius 1 is 1.29 bits per heavy atom. The summed E-state index contributed by atoms with van der Waals surface area (Å²) in [7, 11) is 5.23. The standard InChI is InChI=1S/C20H20F2N4O2/c1-10-23-19-14(5-11(20(27)25(2)3)6-16(19)26(10)4)24-15-9-28-17-8-12(21)7-13(22)18(15)17/h5-8,15,24H,9H2,1-4H3. The Hall–Kier alpha value is -3.16. The number of carbonyl (C=O) groups is 1. The van der Waals surface area contributed by atoms with E-state index in [2.05, 4.69) is 10.3 Å². The molecule has 0 spiro atoms. The van der Waals surface area contributed by atoms with E-state index in [0.29, 0.717) is 16.8 Å². The van der Waals surface area contributed by atoms with Crippen molar-refractivity contribution in [3.8, 4) is 5.75 Å². The summed E-state index contributed by atoms with van der Waals surface area (Å²) >= 11 is 0. The van der Waals surface area contributed by atoms with E-state index >= 15 is 0 Å². The van der Waals surface area contributed by atoms with Crippen molar-refractivity contribution < 1.29 is 18.3 Å². The first-order valence-corrected chi connectivity index (χ1v) is 8.83. The molecule has 1 unspecified atom stereocenters. The van der Waals surface area contributed by atoms with Crippen LogP contribution in [0.3, 0.4) is 0 Å². The minimum Gasteiger partial charge on any atom is -0.490 e. The number of nitrogens with zero attached hydrogens (tertiary/aromatic N) is 3. The van der Waals surface area contributed by atoms with Crippen LogP contribution in [0.25, 0.3) is 11.0 Å². The van der Waals surface area contributed by atoms with Crippen LogP contribution in [0.4, 0.5) is 14.5 Å². The van der Waals surface area contributed by atoms with E-state index in [9.17, 15) is 13.6 Å². The summed E-state index contributed by atoms with van der Waals surface area (Å²) in [6, 6.07) is 4.99. The van der Waals surface area contributed by atoms with Gasteiger partial charge in [0.25, 0.3) is 5.91 Å². The number of imidazole rings is 1. The zero-order valence-corrected chi connectivity index (χ0v) is 16.0. The second-order valence-electron chi connectivity index (χ2n) is 7.12. The predicted molar refractivity (Wildman–Crippen MR) is 102 cm³/mol. The highest BCUT2D eigenvalue weighted by molar-refractivity contribution is 6.01. The van der Waals surface area contributed by atoms with Gasteiger partial charge in [-0.3, -0.25) is 4.79 Å². The average molecular weight is 386 g/mol. The Bertz CT molecular complexity index is 1110. The number of carbonyl (C=O) groups excluding carboxylic acids is 1. The molecule has 28 heavy (non-hydrogen) atoms. The molecule has 0 bridgehead atoms. The fourth-order valence-electron chi connectivity index (χ4n) is 3.47. The second kappa shape index (κ2) is 6.47. The molecule has 6 nitrogen and oxygen atoms in total. The number of benzene rings is 2. The summed E-state index contributed by atoms with van der Waals surface area (Å²) < 4.78 is 35.2. The number of fused-ring (bicyclic) bond motifs is 2. The summed E-state index contributed by atoms with van der Waals surface area (Å²) in [6.45, 7) is 2.02. The van der Waals surface area contributed by atoms with Crippen molar-refractivity contribution in [1.29, 1.82) is 0 Å². The first kappa shape index (κ1) is 18.2. The van der Waals surface area contributed by atoms with E-state index in [0.717, 1.165) is 17.4 Å². The molecule has 146 valence electrons. The summed E-state index contributed by atoms with van der Waals surface area (Å²) in [5.74, 6) is -0.537. The zero-order chi connectivity index (χ0) is 20.2. The van der Waals surface area contributed by atoms with Gasteiger partial charge in [-0.25, -0.2) is 13.8 Å². The molecule has 8 heteroatoms. The minimum absolute atomic E-state index is 0.148. The van der Waals surface area contributed by atoms with Gasteiger partial charge in [-0.1, -0.05) is 0 Å². The molecule has 2 heterocycles. The third-order valence-electron chi connectivity index (χ3n) is 5.00. The lowest BCUT2D eigenvalue weighted by Crippen LogP contribution is -2.22. The number of amides is 1. The van der Waals surface area contributed by atoms with Gasteiger partial charge in [-0.15, -0.1) is 0 Å². The molecule has 1 amide bonds. The number of nitrogens with one attached hydrogen (secondary N) is 1. The second-order valence-corrected chi connectivity index (χ2v) is 7.12. The molecular weight excluding hydrogens is 366 g/mol. The molecule has 2 aromatic carbocycles. The fourth-order valence-corrected chi connectivity index (χ4v) is 3.47. The Morgan fingerprint density at radius 2 is 2.04 bits per heavy atom. The van der Waals surface area contributed by atoms with Gasteiger partial charge in [0.1, 0.15) is 35.3 Å². The van der Waals surface area contributed by atoms with Crippen molar-refractivity contribution in [3.05, 3.63) is 52.9 Å². The molecule has 1 atom stereocenters. The first-order valence-electron chi connectivity index (χ1n) is 8.83. The highest BCUT2D eigenvalue weighted by Crippen LogP contribution is 2.38. The fraction of sp³-hybridized carbons (Fsp3) is 0.300. The summed E-state index contributed by atoms with van der Waals surface area (Å²) in [5.41, 5.74) is 2.81. The van der Waals surface area contributed by atoms with Gasteiger partial charge < -0.3 is 19.5 Å². The van der Waals surface area contributed by atoms with Crippen molar-refractivity contribution in [2.45, 2.75) is 13.0 Å². The van der Waals surface area contributed by atoms with Crippen LogP contribution in [0.1, 0.15) is 27.8 Å². The number of rotatable bonds is 3. The summed E-state index contributed by atoms with van der Waals surface area (Å²) in [4.78, 5) is 18.6. The largest absolute Gasteiger partial charge is 0.490 e. The molecule has 1 N–H and O–H groups in total. The number of halogens is 2. The van der Waals surface area contributed by atoms with E-state index in [1.807, 2.05) is 18.5 Å². The number of hydrogen-bond acceptors (Lipinski definition) is 4. The SMILES string of the molecule is Cc1nc2c(NC3COc4cc(F)cc(F)c43)cc(C(=O)N(C)C)cc2n1C. The minimum atomic E-state index is -0.682. The molecular formula is C20H20F2N4O2. The molecule has 0 aliphatic carbocycles. The van der Waals surface area contributed by atoms with Crippen molar-refractivity contribution in [2.24, 2.45) is 7.05 Å². The highest BCUT2D eigenvalue weighted by atomic mass is 19.1. The average Bonchev–Trinajstić information content (AvgIpc) is 3.16. The molecule has 1 aliphatic heterocycles. The maximum absolute atomic E-state index is 14.4. The van der Waals surface area contributed by atoms with E-state index in [-0.39, 0.29) is 23.8 Å². The van der Waals surface area contributed by atoms with Crippen LogP contribution >= 0.6 is 0 Å². The summed E-state index contributed by atoms with van der Waals surface area (Å²) in [5, 5.41) is 3.24. The van der Waals surface area contributed by atoms with E-state index in [4.69, 9.17) is 4.74 Å². The van der Waals surface area contributed by atoms with Gasteiger partial charge in [0, 0.05) is 38.8 Å². The van der Waals surface area contributed by atoms with Gasteiger partial charge in [-0.05, 0) is 19.1 Å². The highest BCUT2D eigenvalue weighted by Gasteiger charge is 2.30. The number of ether oxygens (including phenoxy) is 1. The van der Waals surface area contributed by atoms with Crippen LogP contribution < -0.4 is 10.1 Å². The molecule has 0 saturated heterocycles. The van der Waals surface area contributed by atoms with Crippen LogP contribution in [-0.4, -0.2) is 41.1 Å². The van der Waals surface area contributed by atoms with Crippen LogP contribution in [-0.2, 0) is 7.05 Å². The topological polar surface area (TPSA) is 59.4 Å². The zero-order valence-electron chi connectivity index (χ0n) is 16.0. The van der Waals surface area contributed by atoms with Crippen LogP contribution in [0.5, 0.6) is 5.75 Å². The lowest BCUT2D eigenvalue weighted by molar-refractivity contribution is 0.0828. The van der Waals surface area contributed by atoms with Gasteiger partial charge in [0.15, 0.2) is 0 Å².